The Bertz CT molecular complexity index is 1010. The number of hydrogen-bond donors (Lipinski definition) is 2. The standard InChI is InChI=1S/C24H26N2O4/c1-16-21(24(28)29-3)17(2)26-22(16)23(27)25-13-18-9-11-20(12-10-18)15-30-14-19-7-5-4-6-8-19/h4-12,26H,13-15H2,1-3H3,(H,25,27). The number of nitrogens with one attached hydrogen (secondary N) is 2. The second-order valence-electron chi connectivity index (χ2n) is 7.09. The Balaban J connectivity index is 1.52. The van der Waals surface area contributed by atoms with E-state index < -0.39 is 5.97 Å². The lowest BCUT2D eigenvalue weighted by Gasteiger charge is -2.08. The van der Waals surface area contributed by atoms with Gasteiger partial charge in [-0.05, 0) is 36.1 Å². The summed E-state index contributed by atoms with van der Waals surface area (Å²) >= 11 is 0. The van der Waals surface area contributed by atoms with Crippen LogP contribution in [-0.2, 0) is 29.2 Å². The Hall–Kier alpha value is -3.38. The molecule has 0 saturated heterocycles. The maximum absolute atomic E-state index is 12.5. The lowest BCUT2D eigenvalue weighted by atomic mass is 10.1. The summed E-state index contributed by atoms with van der Waals surface area (Å²) in [6.45, 7) is 4.96. The first kappa shape index (κ1) is 21.3. The van der Waals surface area contributed by atoms with Crippen molar-refractivity contribution in [3.63, 3.8) is 0 Å². The van der Waals surface area contributed by atoms with Crippen molar-refractivity contribution in [3.05, 3.63) is 93.8 Å². The lowest BCUT2D eigenvalue weighted by Crippen LogP contribution is -2.24. The summed E-state index contributed by atoms with van der Waals surface area (Å²) in [6.07, 6.45) is 0. The Morgan fingerprint density at radius 1 is 0.900 bits per heavy atom. The molecule has 1 heterocycles. The fourth-order valence-electron chi connectivity index (χ4n) is 3.27. The Morgan fingerprint density at radius 3 is 2.13 bits per heavy atom. The quantitative estimate of drug-likeness (QED) is 0.553. The maximum atomic E-state index is 12.5. The van der Waals surface area contributed by atoms with Gasteiger partial charge in [-0.2, -0.15) is 0 Å². The summed E-state index contributed by atoms with van der Waals surface area (Å²) in [5.74, 6) is -0.716. The Labute approximate surface area is 176 Å². The minimum atomic E-state index is -0.453. The number of aryl methyl sites for hydroxylation is 1. The molecule has 0 aliphatic carbocycles. The van der Waals surface area contributed by atoms with Crippen LogP contribution in [-0.4, -0.2) is 24.0 Å². The Kier molecular flexibility index (Phi) is 7.03. The van der Waals surface area contributed by atoms with Crippen molar-refractivity contribution in [2.24, 2.45) is 0 Å². The molecule has 1 amide bonds. The topological polar surface area (TPSA) is 80.4 Å². The monoisotopic (exact) mass is 406 g/mol. The van der Waals surface area contributed by atoms with Crippen LogP contribution >= 0.6 is 0 Å². The van der Waals surface area contributed by atoms with E-state index >= 15 is 0 Å². The number of methoxy groups -OCH3 is 1. The molecule has 2 N–H and O–H groups in total. The van der Waals surface area contributed by atoms with Crippen LogP contribution in [0.5, 0.6) is 0 Å². The van der Waals surface area contributed by atoms with Gasteiger partial charge < -0.3 is 19.8 Å². The van der Waals surface area contributed by atoms with Crippen LogP contribution in [0, 0.1) is 13.8 Å². The van der Waals surface area contributed by atoms with Gasteiger partial charge in [-0.3, -0.25) is 4.79 Å². The molecule has 6 heteroatoms. The first-order valence-electron chi connectivity index (χ1n) is 9.74. The predicted molar refractivity (Wildman–Crippen MR) is 114 cm³/mol. The zero-order valence-electron chi connectivity index (χ0n) is 17.5. The number of carbonyl (C=O) groups excluding carboxylic acids is 2. The van der Waals surface area contributed by atoms with E-state index in [4.69, 9.17) is 9.47 Å². The van der Waals surface area contributed by atoms with E-state index in [1.54, 1.807) is 13.8 Å². The molecule has 0 spiro atoms. The molecular formula is C24H26N2O4. The molecule has 30 heavy (non-hydrogen) atoms. The molecule has 0 atom stereocenters. The number of aromatic nitrogens is 1. The third-order valence-electron chi connectivity index (χ3n) is 4.91. The van der Waals surface area contributed by atoms with E-state index in [0.717, 1.165) is 16.7 Å². The van der Waals surface area contributed by atoms with Crippen molar-refractivity contribution in [3.8, 4) is 0 Å². The minimum Gasteiger partial charge on any atom is -0.465 e. The van der Waals surface area contributed by atoms with Gasteiger partial charge in [0.1, 0.15) is 5.69 Å². The highest BCUT2D eigenvalue weighted by Crippen LogP contribution is 2.19. The van der Waals surface area contributed by atoms with Gasteiger partial charge in [0.15, 0.2) is 0 Å². The second-order valence-corrected chi connectivity index (χ2v) is 7.09. The molecular weight excluding hydrogens is 380 g/mol. The number of H-pyrrole nitrogens is 1. The van der Waals surface area contributed by atoms with Crippen LogP contribution < -0.4 is 5.32 Å². The van der Waals surface area contributed by atoms with E-state index in [2.05, 4.69) is 10.3 Å². The molecule has 0 saturated carbocycles. The number of esters is 1. The number of aromatic amines is 1. The summed E-state index contributed by atoms with van der Waals surface area (Å²) in [5, 5.41) is 2.88. The first-order chi connectivity index (χ1) is 14.5. The van der Waals surface area contributed by atoms with E-state index in [1.165, 1.54) is 7.11 Å². The predicted octanol–water partition coefficient (Wildman–Crippen LogP) is 4.06. The van der Waals surface area contributed by atoms with Crippen molar-refractivity contribution >= 4 is 11.9 Å². The first-order valence-corrected chi connectivity index (χ1v) is 9.74. The third kappa shape index (κ3) is 5.15. The van der Waals surface area contributed by atoms with Gasteiger partial charge in [0.25, 0.3) is 5.91 Å². The average molecular weight is 406 g/mol. The van der Waals surface area contributed by atoms with Gasteiger partial charge in [-0.1, -0.05) is 54.6 Å². The Morgan fingerprint density at radius 2 is 1.50 bits per heavy atom. The van der Waals surface area contributed by atoms with Gasteiger partial charge in [-0.15, -0.1) is 0 Å². The molecule has 0 aliphatic heterocycles. The second kappa shape index (κ2) is 9.89. The van der Waals surface area contributed by atoms with Gasteiger partial charge in [0.2, 0.25) is 0 Å². The maximum Gasteiger partial charge on any atom is 0.339 e. The average Bonchev–Trinajstić information content (AvgIpc) is 3.07. The molecule has 0 fully saturated rings. The van der Waals surface area contributed by atoms with E-state index in [1.807, 2.05) is 54.6 Å². The van der Waals surface area contributed by atoms with Crippen LogP contribution in [0.15, 0.2) is 54.6 Å². The van der Waals surface area contributed by atoms with Crippen molar-refractivity contribution in [1.82, 2.24) is 10.3 Å². The largest absolute Gasteiger partial charge is 0.465 e. The third-order valence-corrected chi connectivity index (χ3v) is 4.91. The molecule has 0 aliphatic rings. The zero-order valence-corrected chi connectivity index (χ0v) is 17.5. The highest BCUT2D eigenvalue weighted by Gasteiger charge is 2.22. The van der Waals surface area contributed by atoms with Crippen LogP contribution in [0.25, 0.3) is 0 Å². The lowest BCUT2D eigenvalue weighted by molar-refractivity contribution is 0.0599. The molecule has 3 rings (SSSR count). The van der Waals surface area contributed by atoms with Crippen molar-refractivity contribution < 1.29 is 19.1 Å². The van der Waals surface area contributed by atoms with Crippen LogP contribution in [0.4, 0.5) is 0 Å². The highest BCUT2D eigenvalue weighted by atomic mass is 16.5. The molecule has 156 valence electrons. The molecule has 1 aromatic heterocycles. The van der Waals surface area contributed by atoms with E-state index in [0.29, 0.717) is 42.3 Å². The molecule has 0 bridgehead atoms. The fraction of sp³-hybridized carbons (Fsp3) is 0.250. The number of hydrogen-bond acceptors (Lipinski definition) is 4. The van der Waals surface area contributed by atoms with Gasteiger partial charge in [0, 0.05) is 12.2 Å². The summed E-state index contributed by atoms with van der Waals surface area (Å²) in [7, 11) is 1.32. The smallest absolute Gasteiger partial charge is 0.339 e. The SMILES string of the molecule is COC(=O)c1c(C)[nH]c(C(=O)NCc2ccc(COCc3ccccc3)cc2)c1C. The van der Waals surface area contributed by atoms with Crippen molar-refractivity contribution in [2.75, 3.05) is 7.11 Å². The summed E-state index contributed by atoms with van der Waals surface area (Å²) in [4.78, 5) is 27.4. The number of amides is 1. The van der Waals surface area contributed by atoms with Gasteiger partial charge in [-0.25, -0.2) is 4.79 Å². The molecule has 6 nitrogen and oxygen atoms in total. The number of carbonyl (C=O) groups is 2. The van der Waals surface area contributed by atoms with Crippen LogP contribution in [0.1, 0.15) is 48.8 Å². The molecule has 0 radical (unpaired) electrons. The van der Waals surface area contributed by atoms with Crippen molar-refractivity contribution in [2.45, 2.75) is 33.6 Å². The zero-order chi connectivity index (χ0) is 21.5. The molecule has 3 aromatic rings. The highest BCUT2D eigenvalue weighted by molar-refractivity contribution is 6.00. The summed E-state index contributed by atoms with van der Waals surface area (Å²) in [6, 6.07) is 18.0. The summed E-state index contributed by atoms with van der Waals surface area (Å²) in [5.41, 5.74) is 5.17. The molecule has 2 aromatic carbocycles. The van der Waals surface area contributed by atoms with E-state index in [9.17, 15) is 9.59 Å². The van der Waals surface area contributed by atoms with Gasteiger partial charge >= 0.3 is 5.97 Å². The number of benzene rings is 2. The van der Waals surface area contributed by atoms with Crippen LogP contribution in [0.2, 0.25) is 0 Å². The van der Waals surface area contributed by atoms with Crippen molar-refractivity contribution in [1.29, 1.82) is 0 Å². The van der Waals surface area contributed by atoms with E-state index in [-0.39, 0.29) is 5.91 Å². The number of rotatable bonds is 8. The minimum absolute atomic E-state index is 0.263. The normalized spacial score (nSPS) is 10.6. The van der Waals surface area contributed by atoms with Gasteiger partial charge in [0.05, 0.1) is 25.9 Å². The van der Waals surface area contributed by atoms with Crippen LogP contribution in [0.3, 0.4) is 0 Å². The number of ether oxygens (including phenoxy) is 2. The fourth-order valence-corrected chi connectivity index (χ4v) is 3.27. The molecule has 0 unspecified atom stereocenters. The summed E-state index contributed by atoms with van der Waals surface area (Å²) < 4.78 is 10.5.